The van der Waals surface area contributed by atoms with Crippen LogP contribution in [0.1, 0.15) is 76.0 Å². The van der Waals surface area contributed by atoms with E-state index in [0.717, 1.165) is 121 Å². The van der Waals surface area contributed by atoms with Crippen molar-refractivity contribution in [1.29, 1.82) is 0 Å². The predicted molar refractivity (Wildman–Crippen MR) is 442 cm³/mol. The molecule has 0 saturated carbocycles. The van der Waals surface area contributed by atoms with E-state index in [1.165, 1.54) is 66.0 Å². The topological polar surface area (TPSA) is 19.1 Å². The average Bonchev–Trinajstić information content (AvgIpc) is 1.66. The SMILES string of the molecule is CC(C)c1cc(C(C)C)c(B2c3ccc(-n4c5ccc(-c6ccccc6)cc5c5ccccc5c5ccccc5c5cc(-c6ccccc6)ccc54)cc3Oc3cc(-n4c5ccc(-c6ccccc6)cc5c5ccccc5c5ccccc5c5cc(-c6ccccc6)ccc54)ccc32)c(C(C)C)c1. The number of hydrogen-bond acceptors (Lipinski definition) is 1. The third kappa shape index (κ3) is 11.1. The summed E-state index contributed by atoms with van der Waals surface area (Å²) >= 11 is 0. The zero-order valence-electron chi connectivity index (χ0n) is 58.9. The summed E-state index contributed by atoms with van der Waals surface area (Å²) in [6, 6.07) is 127. The predicted octanol–water partition coefficient (Wildman–Crippen LogP) is 25.4. The molecule has 103 heavy (non-hydrogen) atoms. The van der Waals surface area contributed by atoms with E-state index >= 15 is 0 Å². The Morgan fingerprint density at radius 1 is 0.233 bits per heavy atom. The fourth-order valence-corrected chi connectivity index (χ4v) is 16.6. The van der Waals surface area contributed by atoms with Crippen molar-refractivity contribution in [2.24, 2.45) is 0 Å². The van der Waals surface area contributed by atoms with Gasteiger partial charge in [-0.1, -0.05) is 314 Å². The second-order valence-corrected chi connectivity index (χ2v) is 28.8. The monoisotopic (exact) mass is 1320 g/mol. The number of ether oxygens (including phenoxy) is 1. The first kappa shape index (κ1) is 63.0. The molecule has 1 aliphatic rings. The Morgan fingerprint density at radius 2 is 0.495 bits per heavy atom. The van der Waals surface area contributed by atoms with Gasteiger partial charge in [-0.25, -0.2) is 0 Å². The molecule has 0 bridgehead atoms. The van der Waals surface area contributed by atoms with Crippen LogP contribution in [0.3, 0.4) is 0 Å². The minimum atomic E-state index is -0.190. The van der Waals surface area contributed by atoms with Crippen LogP contribution in [0.5, 0.6) is 11.5 Å². The molecule has 0 spiro atoms. The van der Waals surface area contributed by atoms with Crippen LogP contribution in [-0.4, -0.2) is 15.8 Å². The summed E-state index contributed by atoms with van der Waals surface area (Å²) in [5.41, 5.74) is 23.3. The Labute approximate surface area is 602 Å². The number of hydrogen-bond donors (Lipinski definition) is 0. The summed E-state index contributed by atoms with van der Waals surface area (Å²) < 4.78 is 13.0. The molecule has 0 fully saturated rings. The summed E-state index contributed by atoms with van der Waals surface area (Å²) in [6.07, 6.45) is 0. The van der Waals surface area contributed by atoms with E-state index in [1.807, 2.05) is 0 Å². The lowest BCUT2D eigenvalue weighted by atomic mass is 9.34. The Balaban J connectivity index is 0.966. The zero-order valence-corrected chi connectivity index (χ0v) is 58.9. The second kappa shape index (κ2) is 26.1. The van der Waals surface area contributed by atoms with Crippen LogP contribution in [0.4, 0.5) is 0 Å². The van der Waals surface area contributed by atoms with Crippen LogP contribution >= 0.6 is 0 Å². The quantitative estimate of drug-likeness (QED) is 0.125. The number of fused-ring (bicyclic) bond motifs is 16. The number of aromatic nitrogens is 2. The zero-order chi connectivity index (χ0) is 69.4. The highest BCUT2D eigenvalue weighted by atomic mass is 16.5. The van der Waals surface area contributed by atoms with Crippen molar-refractivity contribution in [3.8, 4) is 67.4 Å². The van der Waals surface area contributed by atoms with E-state index in [2.05, 4.69) is 390 Å². The molecule has 492 valence electrons. The maximum absolute atomic E-state index is 7.95. The molecular weight excluding hydrogens is 1240 g/mol. The van der Waals surface area contributed by atoms with Crippen molar-refractivity contribution < 1.29 is 4.74 Å². The van der Waals surface area contributed by atoms with Gasteiger partial charge in [0.2, 0.25) is 0 Å². The van der Waals surface area contributed by atoms with E-state index in [0.29, 0.717) is 5.92 Å². The van der Waals surface area contributed by atoms with Crippen LogP contribution in [0, 0.1) is 0 Å². The number of nitrogens with zero attached hydrogens (tertiary/aromatic N) is 2. The van der Waals surface area contributed by atoms with Crippen LogP contribution in [-0.2, 0) is 0 Å². The molecule has 3 nitrogen and oxygen atoms in total. The standard InChI is InChI=1S/C99H77BN2O/c1-63(2)74-59-85(64(3)4)99(86(60-74)65(5)6)100-91-49-47-75(101-93-51-43-70(66-27-11-7-12-28-66)55-87(93)81-39-23-19-35-77(81)78-36-20-24-40-82(78)88-56-71(44-52-94(88)101)67-29-13-8-14-30-67)61-97(91)103-98-62-76(48-50-92(98)100)102-95-53-45-72(68-31-15-9-16-32-68)57-89(95)83-41-25-21-37-79(83)80-38-22-26-42-84(80)90-58-73(46-54-96(90)102)69-33-17-10-18-34-69/h7-65H,1-6H3. The lowest BCUT2D eigenvalue weighted by Gasteiger charge is -2.33. The summed E-state index contributed by atoms with van der Waals surface area (Å²) in [5, 5.41) is 13.9. The fraction of sp³-hybridized carbons (Fsp3) is 0.0909. The van der Waals surface area contributed by atoms with E-state index in [9.17, 15) is 0 Å². The first-order chi connectivity index (χ1) is 50.6. The van der Waals surface area contributed by atoms with E-state index < -0.39 is 0 Å². The van der Waals surface area contributed by atoms with Crippen LogP contribution in [0.25, 0.3) is 143 Å². The van der Waals surface area contributed by atoms with Crippen LogP contribution in [0.2, 0.25) is 0 Å². The van der Waals surface area contributed by atoms with Gasteiger partial charge < -0.3 is 13.9 Å². The normalized spacial score (nSPS) is 12.1. The molecule has 18 rings (SSSR count). The maximum Gasteiger partial charge on any atom is 0.251 e. The Hall–Kier alpha value is -12.2. The van der Waals surface area contributed by atoms with Gasteiger partial charge in [0, 0.05) is 45.1 Å². The molecule has 0 amide bonds. The molecule has 17 aromatic rings. The molecule has 4 heteroatoms. The molecule has 2 aromatic heterocycles. The third-order valence-electron chi connectivity index (χ3n) is 21.6. The molecule has 0 N–H and O–H groups in total. The van der Waals surface area contributed by atoms with Gasteiger partial charge in [0.05, 0.1) is 22.1 Å². The van der Waals surface area contributed by atoms with E-state index in [4.69, 9.17) is 4.74 Å². The van der Waals surface area contributed by atoms with Gasteiger partial charge in [-0.05, 0) is 194 Å². The van der Waals surface area contributed by atoms with Crippen molar-refractivity contribution in [3.63, 3.8) is 0 Å². The minimum absolute atomic E-state index is 0.190. The van der Waals surface area contributed by atoms with Gasteiger partial charge in [0.15, 0.2) is 0 Å². The molecule has 0 saturated heterocycles. The van der Waals surface area contributed by atoms with Crippen LogP contribution < -0.4 is 21.1 Å². The molecule has 0 atom stereocenters. The Morgan fingerprint density at radius 3 is 0.757 bits per heavy atom. The van der Waals surface area contributed by atoms with Gasteiger partial charge in [-0.2, -0.15) is 0 Å². The van der Waals surface area contributed by atoms with Gasteiger partial charge >= 0.3 is 0 Å². The highest BCUT2D eigenvalue weighted by Gasteiger charge is 2.38. The van der Waals surface area contributed by atoms with Gasteiger partial charge in [0.25, 0.3) is 6.71 Å². The first-order valence-electron chi connectivity index (χ1n) is 36.5. The summed E-state index contributed by atoms with van der Waals surface area (Å²) in [5.74, 6) is 2.46. The summed E-state index contributed by atoms with van der Waals surface area (Å²) in [6.45, 7) is 14.0. The van der Waals surface area contributed by atoms with E-state index in [-0.39, 0.29) is 18.5 Å². The van der Waals surface area contributed by atoms with Gasteiger partial charge in [-0.15, -0.1) is 0 Å². The van der Waals surface area contributed by atoms with E-state index in [1.54, 1.807) is 0 Å². The Bertz CT molecular complexity index is 5690. The smallest absolute Gasteiger partial charge is 0.251 e. The average molecular weight is 1320 g/mol. The third-order valence-corrected chi connectivity index (χ3v) is 21.6. The molecule has 0 radical (unpaired) electrons. The number of rotatable bonds is 10. The molecule has 15 aromatic carbocycles. The van der Waals surface area contributed by atoms with Crippen molar-refractivity contribution in [3.05, 3.63) is 356 Å². The lowest BCUT2D eigenvalue weighted by molar-refractivity contribution is 0.487. The van der Waals surface area contributed by atoms with Crippen LogP contribution in [0.15, 0.2) is 340 Å². The lowest BCUT2D eigenvalue weighted by Crippen LogP contribution is -2.57. The highest BCUT2D eigenvalue weighted by Crippen LogP contribution is 2.43. The largest absolute Gasteiger partial charge is 0.458 e. The summed E-state index contributed by atoms with van der Waals surface area (Å²) in [7, 11) is 0. The number of benzene rings is 15. The van der Waals surface area contributed by atoms with Gasteiger partial charge in [0.1, 0.15) is 11.5 Å². The molecule has 0 aliphatic carbocycles. The van der Waals surface area contributed by atoms with Gasteiger partial charge in [-0.3, -0.25) is 0 Å². The first-order valence-corrected chi connectivity index (χ1v) is 36.5. The maximum atomic E-state index is 7.95. The Kier molecular flexibility index (Phi) is 15.9. The van der Waals surface area contributed by atoms with Crippen molar-refractivity contribution in [1.82, 2.24) is 9.13 Å². The molecule has 0 unspecified atom stereocenters. The minimum Gasteiger partial charge on any atom is -0.458 e. The molecule has 1 aliphatic heterocycles. The second-order valence-electron chi connectivity index (χ2n) is 28.8. The fourth-order valence-electron chi connectivity index (χ4n) is 16.6. The molecule has 3 heterocycles. The molecular formula is C99H77BN2O. The van der Waals surface area contributed by atoms with Crippen molar-refractivity contribution in [2.45, 2.75) is 59.3 Å². The van der Waals surface area contributed by atoms with Crippen molar-refractivity contribution in [2.75, 3.05) is 0 Å². The highest BCUT2D eigenvalue weighted by molar-refractivity contribution is 6.97. The summed E-state index contributed by atoms with van der Waals surface area (Å²) in [4.78, 5) is 0. The van der Waals surface area contributed by atoms with Crippen molar-refractivity contribution >= 4 is 110 Å².